The number of rotatable bonds is 2. The quantitative estimate of drug-likeness (QED) is 0.465. The predicted octanol–water partition coefficient (Wildman–Crippen LogP) is 4.01. The van der Waals surface area contributed by atoms with E-state index in [4.69, 9.17) is 14.2 Å². The molecule has 132 valence electrons. The van der Waals surface area contributed by atoms with Crippen LogP contribution in [0.5, 0.6) is 17.2 Å². The molecule has 4 rings (SSSR count). The van der Waals surface area contributed by atoms with E-state index < -0.39 is 0 Å². The van der Waals surface area contributed by atoms with E-state index in [0.29, 0.717) is 22.8 Å². The molecule has 0 radical (unpaired) electrons. The summed E-state index contributed by atoms with van der Waals surface area (Å²) in [5.74, 6) is 1.36. The van der Waals surface area contributed by atoms with Crippen molar-refractivity contribution < 1.29 is 23.8 Å². The van der Waals surface area contributed by atoms with Crippen LogP contribution >= 0.6 is 0 Å². The standard InChI is InChI=1S/C21H18O5/c1-11(2)20-19(23)14-8-9-16-18(21(14)26-20)15(10-17(22)25-16)12-4-6-13(24-3)7-5-12/h4-9,15H,10H2,1-3H3. The van der Waals surface area contributed by atoms with Crippen molar-refractivity contribution in [1.82, 2.24) is 0 Å². The van der Waals surface area contributed by atoms with E-state index in [1.165, 1.54) is 0 Å². The van der Waals surface area contributed by atoms with E-state index in [9.17, 15) is 9.59 Å². The van der Waals surface area contributed by atoms with Gasteiger partial charge in [-0.25, -0.2) is 0 Å². The zero-order valence-corrected chi connectivity index (χ0v) is 14.8. The highest BCUT2D eigenvalue weighted by atomic mass is 16.5. The number of esters is 1. The summed E-state index contributed by atoms with van der Waals surface area (Å²) in [6, 6.07) is 10.9. The molecule has 1 atom stereocenters. The molecule has 2 heterocycles. The van der Waals surface area contributed by atoms with Gasteiger partial charge in [-0.3, -0.25) is 9.59 Å². The Morgan fingerprint density at radius 3 is 2.42 bits per heavy atom. The van der Waals surface area contributed by atoms with Gasteiger partial charge >= 0.3 is 5.97 Å². The van der Waals surface area contributed by atoms with Crippen LogP contribution in [0.2, 0.25) is 0 Å². The molecule has 26 heavy (non-hydrogen) atoms. The van der Waals surface area contributed by atoms with Gasteiger partial charge in [0.05, 0.1) is 19.1 Å². The van der Waals surface area contributed by atoms with Crippen molar-refractivity contribution in [2.24, 2.45) is 0 Å². The number of methoxy groups -OCH3 is 1. The van der Waals surface area contributed by atoms with Crippen LogP contribution in [0, 0.1) is 0 Å². The Labute approximate surface area is 151 Å². The lowest BCUT2D eigenvalue weighted by molar-refractivity contribution is -0.135. The van der Waals surface area contributed by atoms with Gasteiger partial charge < -0.3 is 14.2 Å². The van der Waals surface area contributed by atoms with Crippen LogP contribution in [0.15, 0.2) is 47.7 Å². The van der Waals surface area contributed by atoms with Crippen LogP contribution in [-0.2, 0) is 4.79 Å². The van der Waals surface area contributed by atoms with Crippen molar-refractivity contribution in [1.29, 1.82) is 0 Å². The Balaban J connectivity index is 1.88. The number of fused-ring (bicyclic) bond motifs is 3. The lowest BCUT2D eigenvalue weighted by Crippen LogP contribution is -2.21. The van der Waals surface area contributed by atoms with Crippen LogP contribution in [-0.4, -0.2) is 18.9 Å². The number of hydrogen-bond donors (Lipinski definition) is 0. The monoisotopic (exact) mass is 350 g/mol. The minimum atomic E-state index is -0.301. The lowest BCUT2D eigenvalue weighted by atomic mass is 9.84. The first-order valence-electron chi connectivity index (χ1n) is 8.41. The summed E-state index contributed by atoms with van der Waals surface area (Å²) in [6.45, 7) is 3.68. The van der Waals surface area contributed by atoms with Gasteiger partial charge in [0.25, 0.3) is 0 Å². The topological polar surface area (TPSA) is 61.8 Å². The first-order valence-corrected chi connectivity index (χ1v) is 8.41. The summed E-state index contributed by atoms with van der Waals surface area (Å²) in [6.07, 6.45) is 0.192. The number of carbonyl (C=O) groups is 2. The molecule has 2 aromatic rings. The second-order valence-corrected chi connectivity index (χ2v) is 6.62. The van der Waals surface area contributed by atoms with Gasteiger partial charge in [-0.05, 0) is 49.2 Å². The SMILES string of the molecule is COc1ccc(C2CC(=O)Oc3ccc4c(c32)OC(=C(C)C)C4=O)cc1. The predicted molar refractivity (Wildman–Crippen MR) is 94.9 cm³/mol. The van der Waals surface area contributed by atoms with Crippen molar-refractivity contribution in [2.75, 3.05) is 7.11 Å². The van der Waals surface area contributed by atoms with Gasteiger partial charge in [-0.15, -0.1) is 0 Å². The van der Waals surface area contributed by atoms with Crippen LogP contribution in [0.3, 0.4) is 0 Å². The Kier molecular flexibility index (Phi) is 3.80. The molecule has 0 aromatic heterocycles. The van der Waals surface area contributed by atoms with E-state index in [1.54, 1.807) is 19.2 Å². The summed E-state index contributed by atoms with van der Waals surface area (Å²) >= 11 is 0. The Bertz CT molecular complexity index is 949. The fourth-order valence-electron chi connectivity index (χ4n) is 3.44. The Morgan fingerprint density at radius 2 is 1.77 bits per heavy atom. The van der Waals surface area contributed by atoms with Crippen LogP contribution in [0.1, 0.15) is 47.7 Å². The van der Waals surface area contributed by atoms with Crippen molar-refractivity contribution >= 4 is 11.8 Å². The molecule has 0 bridgehead atoms. The van der Waals surface area contributed by atoms with E-state index >= 15 is 0 Å². The van der Waals surface area contributed by atoms with E-state index in [0.717, 1.165) is 22.4 Å². The third-order valence-corrected chi connectivity index (χ3v) is 4.73. The minimum Gasteiger partial charge on any atom is -0.497 e. The van der Waals surface area contributed by atoms with Gasteiger partial charge in [-0.2, -0.15) is 0 Å². The molecule has 0 amide bonds. The third kappa shape index (κ3) is 2.47. The second kappa shape index (κ2) is 6.02. The summed E-state index contributed by atoms with van der Waals surface area (Å²) in [5, 5.41) is 0. The first kappa shape index (κ1) is 16.4. The summed E-state index contributed by atoms with van der Waals surface area (Å²) in [4.78, 5) is 24.7. The normalized spacial score (nSPS) is 18.0. The average Bonchev–Trinajstić information content (AvgIpc) is 2.98. The zero-order valence-electron chi connectivity index (χ0n) is 14.8. The largest absolute Gasteiger partial charge is 0.497 e. The highest BCUT2D eigenvalue weighted by molar-refractivity contribution is 6.13. The maximum Gasteiger partial charge on any atom is 0.312 e. The maximum atomic E-state index is 12.6. The third-order valence-electron chi connectivity index (χ3n) is 4.73. The smallest absolute Gasteiger partial charge is 0.312 e. The molecule has 0 fully saturated rings. The molecule has 0 saturated heterocycles. The average molecular weight is 350 g/mol. The number of carbonyl (C=O) groups excluding carboxylic acids is 2. The molecule has 2 aliphatic heterocycles. The molecule has 5 nitrogen and oxygen atoms in total. The molecule has 2 aromatic carbocycles. The molecular formula is C21H18O5. The minimum absolute atomic E-state index is 0.131. The molecule has 5 heteroatoms. The second-order valence-electron chi connectivity index (χ2n) is 6.62. The van der Waals surface area contributed by atoms with Crippen LogP contribution in [0.4, 0.5) is 0 Å². The highest BCUT2D eigenvalue weighted by Gasteiger charge is 2.38. The van der Waals surface area contributed by atoms with E-state index in [2.05, 4.69) is 0 Å². The summed E-state index contributed by atoms with van der Waals surface area (Å²) in [7, 11) is 1.61. The number of benzene rings is 2. The summed E-state index contributed by atoms with van der Waals surface area (Å²) in [5.41, 5.74) is 3.01. The fraction of sp³-hybridized carbons (Fsp3) is 0.238. The van der Waals surface area contributed by atoms with Crippen molar-refractivity contribution in [2.45, 2.75) is 26.2 Å². The molecule has 0 saturated carbocycles. The molecule has 1 unspecified atom stereocenters. The van der Waals surface area contributed by atoms with Crippen molar-refractivity contribution in [3.05, 3.63) is 64.4 Å². The number of ether oxygens (including phenoxy) is 3. The number of allylic oxidation sites excluding steroid dienone is 2. The number of hydrogen-bond acceptors (Lipinski definition) is 5. The molecule has 0 N–H and O–H groups in total. The molecule has 0 aliphatic carbocycles. The molecule has 2 aliphatic rings. The molecular weight excluding hydrogens is 332 g/mol. The lowest BCUT2D eigenvalue weighted by Gasteiger charge is -2.26. The highest BCUT2D eigenvalue weighted by Crippen LogP contribution is 2.49. The van der Waals surface area contributed by atoms with Gasteiger partial charge in [0.15, 0.2) is 5.76 Å². The Hall–Kier alpha value is -3.08. The zero-order chi connectivity index (χ0) is 18.4. The van der Waals surface area contributed by atoms with Crippen molar-refractivity contribution in [3.63, 3.8) is 0 Å². The van der Waals surface area contributed by atoms with Crippen molar-refractivity contribution in [3.8, 4) is 17.2 Å². The summed E-state index contributed by atoms with van der Waals surface area (Å²) < 4.78 is 16.5. The van der Waals surface area contributed by atoms with E-state index in [-0.39, 0.29) is 24.1 Å². The van der Waals surface area contributed by atoms with Gasteiger partial charge in [0, 0.05) is 11.5 Å². The van der Waals surface area contributed by atoms with Gasteiger partial charge in [0.2, 0.25) is 5.78 Å². The maximum absolute atomic E-state index is 12.6. The Morgan fingerprint density at radius 1 is 1.04 bits per heavy atom. The number of Topliss-reactive ketones (excluding diaryl/α,β-unsaturated/α-hetero) is 1. The first-order chi connectivity index (χ1) is 12.5. The van der Waals surface area contributed by atoms with Gasteiger partial charge in [-0.1, -0.05) is 12.1 Å². The van der Waals surface area contributed by atoms with Crippen LogP contribution in [0.25, 0.3) is 0 Å². The van der Waals surface area contributed by atoms with Crippen LogP contribution < -0.4 is 14.2 Å². The molecule has 0 spiro atoms. The number of ketones is 1. The van der Waals surface area contributed by atoms with E-state index in [1.807, 2.05) is 38.1 Å². The fourth-order valence-corrected chi connectivity index (χ4v) is 3.44. The van der Waals surface area contributed by atoms with Gasteiger partial charge in [0.1, 0.15) is 17.2 Å².